The van der Waals surface area contributed by atoms with Crippen molar-refractivity contribution in [2.24, 2.45) is 0 Å². The molecule has 0 bridgehead atoms. The molecular weight excluding hydrogens is 376 g/mol. The van der Waals surface area contributed by atoms with E-state index in [1.54, 1.807) is 0 Å². The lowest BCUT2D eigenvalue weighted by molar-refractivity contribution is -0.156. The molecule has 5 nitrogen and oxygen atoms in total. The minimum Gasteiger partial charge on any atom is -0.489 e. The van der Waals surface area contributed by atoms with E-state index in [9.17, 15) is 4.79 Å². The summed E-state index contributed by atoms with van der Waals surface area (Å²) < 4.78 is 13.9. The van der Waals surface area contributed by atoms with Crippen LogP contribution in [0, 0.1) is 0 Å². The summed E-state index contributed by atoms with van der Waals surface area (Å²) in [5.41, 5.74) is 3.01. The summed E-state index contributed by atoms with van der Waals surface area (Å²) >= 11 is 0. The summed E-state index contributed by atoms with van der Waals surface area (Å²) in [7, 11) is 2.07. The molecule has 1 unspecified atom stereocenters. The molecule has 0 saturated heterocycles. The van der Waals surface area contributed by atoms with Crippen LogP contribution in [0.25, 0.3) is 10.9 Å². The summed E-state index contributed by atoms with van der Waals surface area (Å²) in [6, 6.07) is 18.6. The number of hydrogen-bond acceptors (Lipinski definition) is 4. The molecule has 0 spiro atoms. The third kappa shape index (κ3) is 4.51. The van der Waals surface area contributed by atoms with E-state index >= 15 is 0 Å². The highest BCUT2D eigenvalue weighted by molar-refractivity contribution is 5.83. The van der Waals surface area contributed by atoms with Gasteiger partial charge in [0.25, 0.3) is 0 Å². The molecule has 1 aliphatic heterocycles. The number of ether oxygens (including phenoxy) is 2. The predicted molar refractivity (Wildman–Crippen MR) is 119 cm³/mol. The second kappa shape index (κ2) is 8.15. The van der Waals surface area contributed by atoms with E-state index in [4.69, 9.17) is 9.47 Å². The Morgan fingerprint density at radius 2 is 1.83 bits per heavy atom. The molecule has 1 atom stereocenters. The van der Waals surface area contributed by atoms with Crippen LogP contribution in [-0.2, 0) is 22.7 Å². The van der Waals surface area contributed by atoms with E-state index in [-0.39, 0.29) is 12.0 Å². The number of nitrogens with zero attached hydrogens (tertiary/aromatic N) is 2. The standard InChI is InChI=1S/C25H30N2O3/c1-25(2,3)30-24(28)16-22-23-15-19-14-20(29-17-18-8-6-5-7-9-18)10-11-21(19)27(23)13-12-26(22)4/h5-11,14-15,22H,12-13,16-17H2,1-4H3. The number of likely N-dealkylation sites (N-methyl/N-ethyl adjacent to an activating group) is 1. The maximum absolute atomic E-state index is 12.5. The zero-order chi connectivity index (χ0) is 21.3. The van der Waals surface area contributed by atoms with Crippen molar-refractivity contribution in [1.29, 1.82) is 0 Å². The number of esters is 1. The molecule has 0 aliphatic carbocycles. The molecule has 158 valence electrons. The van der Waals surface area contributed by atoms with Crippen molar-refractivity contribution < 1.29 is 14.3 Å². The van der Waals surface area contributed by atoms with Gasteiger partial charge in [0.15, 0.2) is 0 Å². The number of carbonyl (C=O) groups excluding carboxylic acids is 1. The molecule has 0 amide bonds. The van der Waals surface area contributed by atoms with Gasteiger partial charge in [0.05, 0.1) is 12.5 Å². The predicted octanol–water partition coefficient (Wildman–Crippen LogP) is 4.94. The number of aromatic nitrogens is 1. The van der Waals surface area contributed by atoms with Gasteiger partial charge in [-0.3, -0.25) is 9.69 Å². The van der Waals surface area contributed by atoms with Crippen molar-refractivity contribution in [3.05, 3.63) is 65.9 Å². The van der Waals surface area contributed by atoms with Crippen molar-refractivity contribution in [2.75, 3.05) is 13.6 Å². The molecule has 0 N–H and O–H groups in total. The number of rotatable bonds is 5. The zero-order valence-electron chi connectivity index (χ0n) is 18.2. The van der Waals surface area contributed by atoms with E-state index < -0.39 is 5.60 Å². The van der Waals surface area contributed by atoms with Gasteiger partial charge in [-0.05, 0) is 57.6 Å². The van der Waals surface area contributed by atoms with Gasteiger partial charge in [-0.2, -0.15) is 0 Å². The average Bonchev–Trinajstić information content (AvgIpc) is 3.06. The lowest BCUT2D eigenvalue weighted by atomic mass is 10.1. The van der Waals surface area contributed by atoms with Gasteiger partial charge in [-0.15, -0.1) is 0 Å². The highest BCUT2D eigenvalue weighted by atomic mass is 16.6. The first-order valence-corrected chi connectivity index (χ1v) is 10.5. The summed E-state index contributed by atoms with van der Waals surface area (Å²) in [6.07, 6.45) is 0.349. The van der Waals surface area contributed by atoms with Crippen LogP contribution in [0.1, 0.15) is 44.5 Å². The summed E-state index contributed by atoms with van der Waals surface area (Å²) in [6.45, 7) is 8.07. The van der Waals surface area contributed by atoms with Crippen LogP contribution >= 0.6 is 0 Å². The minimum atomic E-state index is -0.470. The van der Waals surface area contributed by atoms with Crippen molar-refractivity contribution in [3.8, 4) is 5.75 Å². The molecule has 4 rings (SSSR count). The van der Waals surface area contributed by atoms with Crippen molar-refractivity contribution >= 4 is 16.9 Å². The highest BCUT2D eigenvalue weighted by Crippen LogP contribution is 2.35. The Labute approximate surface area is 178 Å². The molecule has 0 saturated carbocycles. The van der Waals surface area contributed by atoms with Crippen molar-refractivity contribution in [1.82, 2.24) is 9.47 Å². The fraction of sp³-hybridized carbons (Fsp3) is 0.400. The topological polar surface area (TPSA) is 43.7 Å². The largest absolute Gasteiger partial charge is 0.489 e. The van der Waals surface area contributed by atoms with Crippen LogP contribution < -0.4 is 4.74 Å². The summed E-state index contributed by atoms with van der Waals surface area (Å²) in [5.74, 6) is 0.691. The molecular formula is C25H30N2O3. The van der Waals surface area contributed by atoms with Crippen LogP contribution in [0.4, 0.5) is 0 Å². The van der Waals surface area contributed by atoms with Crippen LogP contribution in [0.2, 0.25) is 0 Å². The van der Waals surface area contributed by atoms with Crippen molar-refractivity contribution in [2.45, 2.75) is 52.0 Å². The van der Waals surface area contributed by atoms with Gasteiger partial charge >= 0.3 is 5.97 Å². The number of hydrogen-bond donors (Lipinski definition) is 0. The molecule has 1 aromatic heterocycles. The molecule has 2 aromatic carbocycles. The Morgan fingerprint density at radius 3 is 2.57 bits per heavy atom. The Hall–Kier alpha value is -2.79. The molecule has 3 aromatic rings. The van der Waals surface area contributed by atoms with Crippen LogP contribution in [-0.4, -0.2) is 34.6 Å². The van der Waals surface area contributed by atoms with E-state index in [1.165, 1.54) is 5.52 Å². The average molecular weight is 407 g/mol. The van der Waals surface area contributed by atoms with Gasteiger partial charge in [0, 0.05) is 29.7 Å². The Kier molecular flexibility index (Phi) is 5.56. The molecule has 2 heterocycles. The zero-order valence-corrected chi connectivity index (χ0v) is 18.2. The first kappa shape index (κ1) is 20.5. The highest BCUT2D eigenvalue weighted by Gasteiger charge is 2.30. The first-order valence-electron chi connectivity index (χ1n) is 10.5. The number of benzene rings is 2. The number of carbonyl (C=O) groups is 1. The summed E-state index contributed by atoms with van der Waals surface area (Å²) in [4.78, 5) is 14.7. The number of fused-ring (bicyclic) bond motifs is 3. The minimum absolute atomic E-state index is 0.00897. The summed E-state index contributed by atoms with van der Waals surface area (Å²) in [5, 5.41) is 1.14. The lowest BCUT2D eigenvalue weighted by Crippen LogP contribution is -2.37. The van der Waals surface area contributed by atoms with Gasteiger partial charge in [0.2, 0.25) is 0 Å². The fourth-order valence-corrected chi connectivity index (χ4v) is 4.07. The van der Waals surface area contributed by atoms with E-state index in [2.05, 4.69) is 46.8 Å². The van der Waals surface area contributed by atoms with Crippen LogP contribution in [0.5, 0.6) is 5.75 Å². The normalized spacial score (nSPS) is 17.0. The molecule has 1 aliphatic rings. The van der Waals surface area contributed by atoms with Crippen LogP contribution in [0.15, 0.2) is 54.6 Å². The third-order valence-electron chi connectivity index (χ3n) is 5.48. The Bertz CT molecular complexity index is 1030. The molecule has 5 heteroatoms. The van der Waals surface area contributed by atoms with Crippen LogP contribution in [0.3, 0.4) is 0 Å². The lowest BCUT2D eigenvalue weighted by Gasteiger charge is -2.34. The van der Waals surface area contributed by atoms with E-state index in [1.807, 2.05) is 45.0 Å². The Morgan fingerprint density at radius 1 is 1.07 bits per heavy atom. The maximum atomic E-state index is 12.5. The second-order valence-electron chi connectivity index (χ2n) is 9.00. The Balaban J connectivity index is 1.56. The molecule has 0 radical (unpaired) electrons. The quantitative estimate of drug-likeness (QED) is 0.563. The van der Waals surface area contributed by atoms with Gasteiger partial charge in [0.1, 0.15) is 18.0 Å². The van der Waals surface area contributed by atoms with Crippen molar-refractivity contribution in [3.63, 3.8) is 0 Å². The molecule has 30 heavy (non-hydrogen) atoms. The molecule has 0 fully saturated rings. The van der Waals surface area contributed by atoms with E-state index in [0.717, 1.165) is 35.5 Å². The van der Waals surface area contributed by atoms with Gasteiger partial charge < -0.3 is 14.0 Å². The fourth-order valence-electron chi connectivity index (χ4n) is 4.07. The monoisotopic (exact) mass is 406 g/mol. The van der Waals surface area contributed by atoms with E-state index in [0.29, 0.717) is 13.0 Å². The first-order chi connectivity index (χ1) is 14.3. The van der Waals surface area contributed by atoms with Gasteiger partial charge in [-0.1, -0.05) is 30.3 Å². The maximum Gasteiger partial charge on any atom is 0.308 e. The second-order valence-corrected chi connectivity index (χ2v) is 9.00. The third-order valence-corrected chi connectivity index (χ3v) is 5.48. The van der Waals surface area contributed by atoms with Gasteiger partial charge in [-0.25, -0.2) is 0 Å². The SMILES string of the molecule is CN1CCn2c(cc3cc(OCc4ccccc4)ccc32)C1CC(=O)OC(C)(C)C. The smallest absolute Gasteiger partial charge is 0.308 e.